The number of nitrogens with zero attached hydrogens (tertiary/aromatic N) is 1. The molecule has 0 saturated carbocycles. The van der Waals surface area contributed by atoms with Gasteiger partial charge >= 0.3 is 5.97 Å². The molecule has 0 aliphatic heterocycles. The lowest BCUT2D eigenvalue weighted by Gasteiger charge is -1.99. The number of aromatic nitrogens is 1. The van der Waals surface area contributed by atoms with Gasteiger partial charge in [0.05, 0.1) is 12.8 Å². The first-order chi connectivity index (χ1) is 8.69. The summed E-state index contributed by atoms with van der Waals surface area (Å²) >= 11 is 1.47. The number of carboxylic acids is 1. The minimum Gasteiger partial charge on any atom is -0.497 e. The van der Waals surface area contributed by atoms with Gasteiger partial charge in [-0.1, -0.05) is 0 Å². The molecule has 0 amide bonds. The largest absolute Gasteiger partial charge is 0.497 e. The van der Waals surface area contributed by atoms with E-state index in [0.717, 1.165) is 22.4 Å². The molecule has 2 aromatic rings. The molecule has 1 aromatic heterocycles. The van der Waals surface area contributed by atoms with E-state index in [-0.39, 0.29) is 0 Å². The molecule has 1 aromatic carbocycles. The number of hydrogen-bond acceptors (Lipinski definition) is 4. The van der Waals surface area contributed by atoms with Crippen molar-refractivity contribution in [1.29, 1.82) is 0 Å². The topological polar surface area (TPSA) is 59.4 Å². The Morgan fingerprint density at radius 2 is 2.11 bits per heavy atom. The molecular weight excluding hydrogens is 250 g/mol. The van der Waals surface area contributed by atoms with E-state index in [4.69, 9.17) is 9.84 Å². The third-order valence-corrected chi connectivity index (χ3v) is 3.17. The van der Waals surface area contributed by atoms with E-state index in [2.05, 4.69) is 4.98 Å². The monoisotopic (exact) mass is 261 g/mol. The van der Waals surface area contributed by atoms with Crippen molar-refractivity contribution in [2.75, 3.05) is 7.11 Å². The van der Waals surface area contributed by atoms with Gasteiger partial charge in [0, 0.05) is 17.0 Å². The lowest BCUT2D eigenvalue weighted by molar-refractivity contribution is -0.131. The molecule has 0 fully saturated rings. The number of carbonyl (C=O) groups is 1. The first kappa shape index (κ1) is 12.3. The van der Waals surface area contributed by atoms with Crippen LogP contribution in [-0.4, -0.2) is 23.2 Å². The molecule has 0 bridgehead atoms. The predicted molar refractivity (Wildman–Crippen MR) is 70.8 cm³/mol. The fraction of sp³-hybridized carbons (Fsp3) is 0.0769. The van der Waals surface area contributed by atoms with Crippen molar-refractivity contribution in [1.82, 2.24) is 4.98 Å². The molecule has 0 atom stereocenters. The van der Waals surface area contributed by atoms with Gasteiger partial charge in [0.15, 0.2) is 0 Å². The second-order valence-electron chi connectivity index (χ2n) is 3.48. The molecule has 0 unspecified atom stereocenters. The molecule has 0 aliphatic rings. The second kappa shape index (κ2) is 5.46. The summed E-state index contributed by atoms with van der Waals surface area (Å²) in [6, 6.07) is 7.57. The Morgan fingerprint density at radius 1 is 1.39 bits per heavy atom. The zero-order valence-electron chi connectivity index (χ0n) is 9.66. The Balaban J connectivity index is 2.20. The molecule has 0 saturated heterocycles. The summed E-state index contributed by atoms with van der Waals surface area (Å²) < 4.78 is 5.08. The molecule has 1 N–H and O–H groups in total. The van der Waals surface area contributed by atoms with Crippen molar-refractivity contribution < 1.29 is 14.6 Å². The van der Waals surface area contributed by atoms with Gasteiger partial charge in [-0.05, 0) is 30.3 Å². The van der Waals surface area contributed by atoms with E-state index in [0.29, 0.717) is 5.69 Å². The van der Waals surface area contributed by atoms with Gasteiger partial charge in [0.1, 0.15) is 10.8 Å². The van der Waals surface area contributed by atoms with E-state index < -0.39 is 5.97 Å². The van der Waals surface area contributed by atoms with Gasteiger partial charge in [0.25, 0.3) is 0 Å². The number of thiazole rings is 1. The Morgan fingerprint density at radius 3 is 2.72 bits per heavy atom. The number of ether oxygens (including phenoxy) is 1. The fourth-order valence-electron chi connectivity index (χ4n) is 1.39. The standard InChI is InChI=1S/C13H11NO3S/c1-17-11-5-2-9(3-6-11)13-14-10(8-18-13)4-7-12(15)16/h2-8H,1H3,(H,15,16)/b7-4+. The Bertz CT molecular complexity index is 572. The third kappa shape index (κ3) is 2.95. The number of rotatable bonds is 4. The van der Waals surface area contributed by atoms with E-state index in [1.54, 1.807) is 7.11 Å². The van der Waals surface area contributed by atoms with Crippen molar-refractivity contribution in [3.05, 3.63) is 41.4 Å². The van der Waals surface area contributed by atoms with Gasteiger partial charge in [-0.15, -0.1) is 11.3 Å². The van der Waals surface area contributed by atoms with Crippen LogP contribution in [0.5, 0.6) is 5.75 Å². The molecule has 1 heterocycles. The highest BCUT2D eigenvalue weighted by Crippen LogP contribution is 2.25. The minimum atomic E-state index is -0.978. The third-order valence-electron chi connectivity index (χ3n) is 2.26. The second-order valence-corrected chi connectivity index (χ2v) is 4.34. The van der Waals surface area contributed by atoms with Gasteiger partial charge < -0.3 is 9.84 Å². The number of hydrogen-bond donors (Lipinski definition) is 1. The van der Waals surface area contributed by atoms with E-state index in [1.165, 1.54) is 17.4 Å². The molecule has 2 rings (SSSR count). The van der Waals surface area contributed by atoms with E-state index in [1.807, 2.05) is 29.6 Å². The summed E-state index contributed by atoms with van der Waals surface area (Å²) in [6.45, 7) is 0. The predicted octanol–water partition coefficient (Wildman–Crippen LogP) is 2.92. The van der Waals surface area contributed by atoms with Crippen LogP contribution in [0.3, 0.4) is 0 Å². The molecule has 0 spiro atoms. The summed E-state index contributed by atoms with van der Waals surface area (Å²) in [5.74, 6) is -0.185. The summed E-state index contributed by atoms with van der Waals surface area (Å²) in [5, 5.41) is 11.2. The van der Waals surface area contributed by atoms with Crippen LogP contribution in [0.25, 0.3) is 16.6 Å². The average molecular weight is 261 g/mol. The van der Waals surface area contributed by atoms with Gasteiger partial charge in [-0.2, -0.15) is 0 Å². The van der Waals surface area contributed by atoms with Crippen molar-refractivity contribution >= 4 is 23.4 Å². The summed E-state index contributed by atoms with van der Waals surface area (Å²) in [6.07, 6.45) is 2.55. The van der Waals surface area contributed by atoms with Crippen molar-refractivity contribution in [2.24, 2.45) is 0 Å². The fourth-order valence-corrected chi connectivity index (χ4v) is 2.18. The lowest BCUT2D eigenvalue weighted by Crippen LogP contribution is -1.85. The summed E-state index contributed by atoms with van der Waals surface area (Å²) in [5.41, 5.74) is 1.63. The van der Waals surface area contributed by atoms with Crippen LogP contribution in [0.4, 0.5) is 0 Å². The number of methoxy groups -OCH3 is 1. The van der Waals surface area contributed by atoms with Gasteiger partial charge in [-0.3, -0.25) is 0 Å². The SMILES string of the molecule is COc1ccc(-c2nc(/C=C/C(=O)O)cs2)cc1. The van der Waals surface area contributed by atoms with Gasteiger partial charge in [-0.25, -0.2) is 9.78 Å². The van der Waals surface area contributed by atoms with Crippen LogP contribution in [0.2, 0.25) is 0 Å². The molecule has 0 radical (unpaired) electrons. The van der Waals surface area contributed by atoms with Crippen molar-refractivity contribution in [3.8, 4) is 16.3 Å². The highest BCUT2D eigenvalue weighted by atomic mass is 32.1. The number of carboxylic acid groups (broad SMARTS) is 1. The first-order valence-corrected chi connectivity index (χ1v) is 6.08. The molecule has 5 heteroatoms. The van der Waals surface area contributed by atoms with E-state index in [9.17, 15) is 4.79 Å². The first-order valence-electron chi connectivity index (χ1n) is 5.20. The molecule has 4 nitrogen and oxygen atoms in total. The van der Waals surface area contributed by atoms with Crippen molar-refractivity contribution in [3.63, 3.8) is 0 Å². The highest BCUT2D eigenvalue weighted by molar-refractivity contribution is 7.13. The molecule has 92 valence electrons. The Kier molecular flexibility index (Phi) is 3.74. The van der Waals surface area contributed by atoms with Crippen molar-refractivity contribution in [2.45, 2.75) is 0 Å². The summed E-state index contributed by atoms with van der Waals surface area (Å²) in [4.78, 5) is 14.7. The average Bonchev–Trinajstić information content (AvgIpc) is 2.85. The zero-order valence-corrected chi connectivity index (χ0v) is 10.5. The van der Waals surface area contributed by atoms with Crippen LogP contribution >= 0.6 is 11.3 Å². The maximum atomic E-state index is 10.4. The highest BCUT2D eigenvalue weighted by Gasteiger charge is 2.03. The quantitative estimate of drug-likeness (QED) is 0.860. The number of benzene rings is 1. The van der Waals surface area contributed by atoms with Crippen LogP contribution in [-0.2, 0) is 4.79 Å². The summed E-state index contributed by atoms with van der Waals surface area (Å²) in [7, 11) is 1.62. The number of aliphatic carboxylic acids is 1. The smallest absolute Gasteiger partial charge is 0.328 e. The normalized spacial score (nSPS) is 10.7. The lowest BCUT2D eigenvalue weighted by atomic mass is 10.2. The van der Waals surface area contributed by atoms with Crippen LogP contribution in [0.15, 0.2) is 35.7 Å². The minimum absolute atomic E-state index is 0.646. The van der Waals surface area contributed by atoms with Crippen LogP contribution in [0.1, 0.15) is 5.69 Å². The van der Waals surface area contributed by atoms with E-state index >= 15 is 0 Å². The van der Waals surface area contributed by atoms with Crippen LogP contribution in [0, 0.1) is 0 Å². The zero-order chi connectivity index (χ0) is 13.0. The molecule has 18 heavy (non-hydrogen) atoms. The molecule has 0 aliphatic carbocycles. The molecular formula is C13H11NO3S. The Labute approximate surface area is 108 Å². The Hall–Kier alpha value is -2.14. The van der Waals surface area contributed by atoms with Crippen LogP contribution < -0.4 is 4.74 Å². The van der Waals surface area contributed by atoms with Gasteiger partial charge in [0.2, 0.25) is 0 Å². The maximum Gasteiger partial charge on any atom is 0.328 e. The maximum absolute atomic E-state index is 10.4.